The molecule has 4 heteroatoms. The molecule has 0 aliphatic heterocycles. The van der Waals surface area contributed by atoms with Crippen LogP contribution in [-0.2, 0) is 9.53 Å². The first kappa shape index (κ1) is 13.5. The van der Waals surface area contributed by atoms with Crippen molar-refractivity contribution in [1.29, 1.82) is 0 Å². The Hall–Kier alpha value is -1.55. The van der Waals surface area contributed by atoms with Gasteiger partial charge in [0.1, 0.15) is 17.9 Å². The average Bonchev–Trinajstić information content (AvgIpc) is 2.37. The van der Waals surface area contributed by atoms with Crippen molar-refractivity contribution in [2.24, 2.45) is 0 Å². The highest BCUT2D eigenvalue weighted by atomic mass is 16.5. The fraction of sp³-hybridized carbons (Fsp3) is 0.462. The van der Waals surface area contributed by atoms with Crippen LogP contribution in [0.2, 0.25) is 0 Å². The van der Waals surface area contributed by atoms with Gasteiger partial charge in [0, 0.05) is 0 Å². The molecular weight excluding hydrogens is 218 g/mol. The molecule has 0 aliphatic carbocycles. The second-order valence-corrected chi connectivity index (χ2v) is 3.90. The van der Waals surface area contributed by atoms with Gasteiger partial charge in [-0.2, -0.15) is 0 Å². The highest BCUT2D eigenvalue weighted by Crippen LogP contribution is 2.13. The lowest BCUT2D eigenvalue weighted by Gasteiger charge is -2.26. The predicted octanol–water partition coefficient (Wildman–Crippen LogP) is 1.61. The molecule has 1 N–H and O–H groups in total. The molecule has 0 radical (unpaired) electrons. The molecular formula is C13H19NO3. The van der Waals surface area contributed by atoms with E-state index < -0.39 is 5.54 Å². The lowest BCUT2D eigenvalue weighted by Crippen LogP contribution is -2.53. The van der Waals surface area contributed by atoms with Crippen LogP contribution in [-0.4, -0.2) is 31.8 Å². The normalized spacial score (nSPS) is 13.8. The molecule has 0 aliphatic rings. The van der Waals surface area contributed by atoms with Crippen molar-refractivity contribution in [3.8, 4) is 5.75 Å². The van der Waals surface area contributed by atoms with E-state index in [1.165, 1.54) is 0 Å². The van der Waals surface area contributed by atoms with E-state index in [1.807, 2.05) is 30.3 Å². The number of benzene rings is 1. The first-order valence-corrected chi connectivity index (χ1v) is 5.66. The number of nitrogens with one attached hydrogen (secondary N) is 1. The van der Waals surface area contributed by atoms with Crippen LogP contribution >= 0.6 is 0 Å². The van der Waals surface area contributed by atoms with Crippen molar-refractivity contribution in [3.05, 3.63) is 30.3 Å². The molecule has 1 aromatic carbocycles. The summed E-state index contributed by atoms with van der Waals surface area (Å²) in [5.41, 5.74) is -0.828. The summed E-state index contributed by atoms with van der Waals surface area (Å²) < 4.78 is 10.6. The molecule has 0 fully saturated rings. The van der Waals surface area contributed by atoms with Crippen LogP contribution in [0.25, 0.3) is 0 Å². The number of carbonyl (C=O) groups is 1. The SMILES string of the molecule is CCOC(=O)C(C)(COc1ccccc1)NC. The van der Waals surface area contributed by atoms with Gasteiger partial charge < -0.3 is 14.8 Å². The van der Waals surface area contributed by atoms with E-state index >= 15 is 0 Å². The molecule has 0 aromatic heterocycles. The Morgan fingerprint density at radius 2 is 2.00 bits per heavy atom. The van der Waals surface area contributed by atoms with Gasteiger partial charge in [0.15, 0.2) is 0 Å². The zero-order valence-corrected chi connectivity index (χ0v) is 10.5. The highest BCUT2D eigenvalue weighted by molar-refractivity contribution is 5.80. The van der Waals surface area contributed by atoms with Crippen molar-refractivity contribution in [1.82, 2.24) is 5.32 Å². The quantitative estimate of drug-likeness (QED) is 0.764. The molecule has 0 spiro atoms. The van der Waals surface area contributed by atoms with Crippen molar-refractivity contribution >= 4 is 5.97 Å². The zero-order chi connectivity index (χ0) is 12.7. The average molecular weight is 237 g/mol. The lowest BCUT2D eigenvalue weighted by atomic mass is 10.1. The molecule has 0 bridgehead atoms. The van der Waals surface area contributed by atoms with Crippen LogP contribution in [0.3, 0.4) is 0 Å². The molecule has 0 heterocycles. The first-order chi connectivity index (χ1) is 8.12. The number of para-hydroxylation sites is 1. The van der Waals surface area contributed by atoms with Gasteiger partial charge in [-0.15, -0.1) is 0 Å². The van der Waals surface area contributed by atoms with E-state index in [-0.39, 0.29) is 12.6 Å². The van der Waals surface area contributed by atoms with Gasteiger partial charge in [0.25, 0.3) is 0 Å². The molecule has 1 rings (SSSR count). The van der Waals surface area contributed by atoms with Crippen LogP contribution in [0.5, 0.6) is 5.75 Å². The third kappa shape index (κ3) is 3.75. The second-order valence-electron chi connectivity index (χ2n) is 3.90. The maximum absolute atomic E-state index is 11.8. The topological polar surface area (TPSA) is 47.6 Å². The monoisotopic (exact) mass is 237 g/mol. The van der Waals surface area contributed by atoms with Gasteiger partial charge in [-0.05, 0) is 33.0 Å². The molecule has 94 valence electrons. The van der Waals surface area contributed by atoms with E-state index in [0.29, 0.717) is 6.61 Å². The first-order valence-electron chi connectivity index (χ1n) is 5.66. The fourth-order valence-electron chi connectivity index (χ4n) is 1.27. The summed E-state index contributed by atoms with van der Waals surface area (Å²) in [5, 5.41) is 2.93. The number of hydrogen-bond donors (Lipinski definition) is 1. The van der Waals surface area contributed by atoms with E-state index in [1.54, 1.807) is 20.9 Å². The molecule has 17 heavy (non-hydrogen) atoms. The molecule has 0 amide bonds. The predicted molar refractivity (Wildman–Crippen MR) is 66.0 cm³/mol. The molecule has 1 unspecified atom stereocenters. The van der Waals surface area contributed by atoms with Gasteiger partial charge in [-0.3, -0.25) is 0 Å². The molecule has 1 atom stereocenters. The van der Waals surface area contributed by atoms with E-state index in [0.717, 1.165) is 5.75 Å². The summed E-state index contributed by atoms with van der Waals surface area (Å²) in [6.07, 6.45) is 0. The van der Waals surface area contributed by atoms with Gasteiger partial charge in [0.2, 0.25) is 0 Å². The van der Waals surface area contributed by atoms with E-state index in [9.17, 15) is 4.79 Å². The lowest BCUT2D eigenvalue weighted by molar-refractivity contribution is -0.151. The van der Waals surface area contributed by atoms with Gasteiger partial charge >= 0.3 is 5.97 Å². The van der Waals surface area contributed by atoms with Crippen molar-refractivity contribution in [2.75, 3.05) is 20.3 Å². The van der Waals surface area contributed by atoms with E-state index in [2.05, 4.69) is 5.32 Å². The Morgan fingerprint density at radius 1 is 1.35 bits per heavy atom. The number of likely N-dealkylation sites (N-methyl/N-ethyl adjacent to an activating group) is 1. The summed E-state index contributed by atoms with van der Waals surface area (Å²) in [4.78, 5) is 11.8. The van der Waals surface area contributed by atoms with Crippen LogP contribution in [0, 0.1) is 0 Å². The minimum Gasteiger partial charge on any atom is -0.491 e. The van der Waals surface area contributed by atoms with Crippen molar-refractivity contribution in [3.63, 3.8) is 0 Å². The standard InChI is InChI=1S/C13H19NO3/c1-4-16-12(15)13(2,14-3)10-17-11-8-6-5-7-9-11/h5-9,14H,4,10H2,1-3H3. The third-order valence-electron chi connectivity index (χ3n) is 2.55. The number of carbonyl (C=O) groups excluding carboxylic acids is 1. The summed E-state index contributed by atoms with van der Waals surface area (Å²) in [6.45, 7) is 4.13. The molecule has 0 saturated heterocycles. The minimum atomic E-state index is -0.828. The second kappa shape index (κ2) is 6.25. The van der Waals surface area contributed by atoms with Gasteiger partial charge in [0.05, 0.1) is 6.61 Å². The molecule has 0 saturated carbocycles. The minimum absolute atomic E-state index is 0.229. The summed E-state index contributed by atoms with van der Waals surface area (Å²) in [7, 11) is 1.71. The summed E-state index contributed by atoms with van der Waals surface area (Å²) in [6, 6.07) is 9.38. The third-order valence-corrected chi connectivity index (χ3v) is 2.55. The van der Waals surface area contributed by atoms with Crippen LogP contribution in [0.1, 0.15) is 13.8 Å². The van der Waals surface area contributed by atoms with E-state index in [4.69, 9.17) is 9.47 Å². The molecule has 4 nitrogen and oxygen atoms in total. The van der Waals surface area contributed by atoms with Crippen molar-refractivity contribution < 1.29 is 14.3 Å². The smallest absolute Gasteiger partial charge is 0.329 e. The fourth-order valence-corrected chi connectivity index (χ4v) is 1.27. The van der Waals surface area contributed by atoms with Crippen LogP contribution < -0.4 is 10.1 Å². The van der Waals surface area contributed by atoms with Gasteiger partial charge in [-0.1, -0.05) is 18.2 Å². The number of rotatable bonds is 6. The maximum Gasteiger partial charge on any atom is 0.329 e. The largest absolute Gasteiger partial charge is 0.491 e. The van der Waals surface area contributed by atoms with Crippen molar-refractivity contribution in [2.45, 2.75) is 19.4 Å². The highest BCUT2D eigenvalue weighted by Gasteiger charge is 2.34. The van der Waals surface area contributed by atoms with Crippen LogP contribution in [0.4, 0.5) is 0 Å². The Kier molecular flexibility index (Phi) is 4.97. The number of esters is 1. The van der Waals surface area contributed by atoms with Crippen LogP contribution in [0.15, 0.2) is 30.3 Å². The molecule has 1 aromatic rings. The Morgan fingerprint density at radius 3 is 2.53 bits per heavy atom. The summed E-state index contributed by atoms with van der Waals surface area (Å²) in [5.74, 6) is 0.428. The Labute approximate surface area is 102 Å². The summed E-state index contributed by atoms with van der Waals surface area (Å²) >= 11 is 0. The maximum atomic E-state index is 11.8. The number of ether oxygens (including phenoxy) is 2. The Balaban J connectivity index is 2.60. The zero-order valence-electron chi connectivity index (χ0n) is 10.5. The number of hydrogen-bond acceptors (Lipinski definition) is 4. The Bertz CT molecular complexity index is 353. The van der Waals surface area contributed by atoms with Gasteiger partial charge in [-0.25, -0.2) is 4.79 Å².